The van der Waals surface area contributed by atoms with Gasteiger partial charge in [0.25, 0.3) is 5.91 Å². The van der Waals surface area contributed by atoms with Gasteiger partial charge >= 0.3 is 0 Å². The normalized spacial score (nSPS) is 11.7. The zero-order valence-electron chi connectivity index (χ0n) is 11.2. The minimum absolute atomic E-state index is 0.177. The lowest BCUT2D eigenvalue weighted by atomic mass is 10.2. The molecule has 20 heavy (non-hydrogen) atoms. The topological polar surface area (TPSA) is 79.9 Å². The van der Waals surface area contributed by atoms with Gasteiger partial charge in [-0.05, 0) is 31.2 Å². The first-order valence-corrected chi connectivity index (χ1v) is 6.20. The van der Waals surface area contributed by atoms with Crippen molar-refractivity contribution in [1.29, 1.82) is 0 Å². The van der Waals surface area contributed by atoms with Gasteiger partial charge in [-0.1, -0.05) is 12.7 Å². The maximum atomic E-state index is 12.0. The van der Waals surface area contributed by atoms with E-state index in [0.29, 0.717) is 23.7 Å². The van der Waals surface area contributed by atoms with Gasteiger partial charge in [-0.15, -0.1) is 0 Å². The van der Waals surface area contributed by atoms with Crippen LogP contribution in [0.15, 0.2) is 43.2 Å². The van der Waals surface area contributed by atoms with Crippen molar-refractivity contribution < 1.29 is 9.53 Å². The van der Waals surface area contributed by atoms with E-state index in [4.69, 9.17) is 4.74 Å². The van der Waals surface area contributed by atoms with Gasteiger partial charge in [-0.3, -0.25) is 9.89 Å². The predicted molar refractivity (Wildman–Crippen MR) is 74.4 cm³/mol. The summed E-state index contributed by atoms with van der Waals surface area (Å²) in [6, 6.07) is 6.68. The van der Waals surface area contributed by atoms with Gasteiger partial charge in [0.05, 0.1) is 6.04 Å². The van der Waals surface area contributed by atoms with Crippen LogP contribution in [-0.4, -0.2) is 27.7 Å². The van der Waals surface area contributed by atoms with E-state index in [1.54, 1.807) is 30.3 Å². The van der Waals surface area contributed by atoms with Crippen LogP contribution in [0.2, 0.25) is 0 Å². The molecule has 0 saturated carbocycles. The van der Waals surface area contributed by atoms with E-state index in [0.717, 1.165) is 0 Å². The number of H-pyrrole nitrogens is 1. The van der Waals surface area contributed by atoms with E-state index in [9.17, 15) is 4.79 Å². The molecule has 0 bridgehead atoms. The maximum Gasteiger partial charge on any atom is 0.251 e. The molecule has 1 aromatic heterocycles. The van der Waals surface area contributed by atoms with Gasteiger partial charge in [-0.2, -0.15) is 5.10 Å². The first-order chi connectivity index (χ1) is 9.70. The first kappa shape index (κ1) is 13.8. The Kier molecular flexibility index (Phi) is 4.49. The van der Waals surface area contributed by atoms with Crippen LogP contribution in [0.5, 0.6) is 5.75 Å². The second-order valence-electron chi connectivity index (χ2n) is 4.19. The number of hydrogen-bond donors (Lipinski definition) is 2. The van der Waals surface area contributed by atoms with Crippen LogP contribution >= 0.6 is 0 Å². The molecule has 0 aliphatic rings. The smallest absolute Gasteiger partial charge is 0.251 e. The largest absolute Gasteiger partial charge is 0.490 e. The van der Waals surface area contributed by atoms with Gasteiger partial charge in [0, 0.05) is 5.56 Å². The second kappa shape index (κ2) is 6.51. The highest BCUT2D eigenvalue weighted by molar-refractivity contribution is 5.94. The number of rotatable bonds is 6. The Hall–Kier alpha value is -2.63. The van der Waals surface area contributed by atoms with E-state index in [1.165, 1.54) is 6.33 Å². The predicted octanol–water partition coefficient (Wildman–Crippen LogP) is 1.86. The molecule has 2 aromatic rings. The highest BCUT2D eigenvalue weighted by Gasteiger charge is 2.13. The number of hydrogen-bond acceptors (Lipinski definition) is 4. The summed E-state index contributed by atoms with van der Waals surface area (Å²) in [7, 11) is 0. The number of nitrogens with one attached hydrogen (secondary N) is 2. The summed E-state index contributed by atoms with van der Waals surface area (Å²) in [4.78, 5) is 16.0. The molecule has 1 unspecified atom stereocenters. The number of ether oxygens (including phenoxy) is 1. The summed E-state index contributed by atoms with van der Waals surface area (Å²) in [5, 5.41) is 9.30. The van der Waals surface area contributed by atoms with Gasteiger partial charge < -0.3 is 10.1 Å². The summed E-state index contributed by atoms with van der Waals surface area (Å²) >= 11 is 0. The minimum Gasteiger partial charge on any atom is -0.490 e. The summed E-state index contributed by atoms with van der Waals surface area (Å²) in [5.74, 6) is 1.14. The van der Waals surface area contributed by atoms with Crippen LogP contribution in [0.4, 0.5) is 0 Å². The molecule has 0 fully saturated rings. The van der Waals surface area contributed by atoms with Gasteiger partial charge in [0.1, 0.15) is 24.5 Å². The molecule has 0 saturated heterocycles. The van der Waals surface area contributed by atoms with Gasteiger partial charge in [0.15, 0.2) is 0 Å². The molecule has 2 rings (SSSR count). The summed E-state index contributed by atoms with van der Waals surface area (Å²) < 4.78 is 5.36. The van der Waals surface area contributed by atoms with E-state index >= 15 is 0 Å². The molecule has 0 aliphatic heterocycles. The fourth-order valence-corrected chi connectivity index (χ4v) is 1.63. The summed E-state index contributed by atoms with van der Waals surface area (Å²) in [6.07, 6.45) is 3.07. The highest BCUT2D eigenvalue weighted by atomic mass is 16.5. The van der Waals surface area contributed by atoms with Crippen LogP contribution in [0, 0.1) is 0 Å². The monoisotopic (exact) mass is 272 g/mol. The molecule has 6 heteroatoms. The van der Waals surface area contributed by atoms with Crippen LogP contribution in [0.1, 0.15) is 29.1 Å². The number of carbonyl (C=O) groups excluding carboxylic acids is 1. The van der Waals surface area contributed by atoms with Crippen molar-refractivity contribution >= 4 is 5.91 Å². The molecule has 0 aliphatic carbocycles. The molecule has 0 radical (unpaired) electrons. The Balaban J connectivity index is 1.97. The highest BCUT2D eigenvalue weighted by Crippen LogP contribution is 2.13. The number of aromatic amines is 1. The fraction of sp³-hybridized carbons (Fsp3) is 0.214. The number of nitrogens with zero attached hydrogens (tertiary/aromatic N) is 2. The Bertz CT molecular complexity index is 563. The summed E-state index contributed by atoms with van der Waals surface area (Å²) in [6.45, 7) is 5.85. The Labute approximate surface area is 116 Å². The number of amides is 1. The minimum atomic E-state index is -0.235. The fourth-order valence-electron chi connectivity index (χ4n) is 1.63. The zero-order valence-corrected chi connectivity index (χ0v) is 11.2. The third-order valence-electron chi connectivity index (χ3n) is 2.68. The van der Waals surface area contributed by atoms with Gasteiger partial charge in [-0.25, -0.2) is 4.98 Å². The van der Waals surface area contributed by atoms with Crippen molar-refractivity contribution in [2.24, 2.45) is 0 Å². The summed E-state index contributed by atoms with van der Waals surface area (Å²) in [5.41, 5.74) is 0.558. The van der Waals surface area contributed by atoms with Crippen LogP contribution in [-0.2, 0) is 0 Å². The van der Waals surface area contributed by atoms with Crippen molar-refractivity contribution in [1.82, 2.24) is 20.5 Å². The van der Waals surface area contributed by atoms with Crippen molar-refractivity contribution in [3.63, 3.8) is 0 Å². The lowest BCUT2D eigenvalue weighted by Gasteiger charge is -2.11. The third kappa shape index (κ3) is 3.44. The van der Waals surface area contributed by atoms with Crippen LogP contribution < -0.4 is 10.1 Å². The quantitative estimate of drug-likeness (QED) is 0.787. The molecule has 2 N–H and O–H groups in total. The molecule has 1 aromatic carbocycles. The Morgan fingerprint density at radius 2 is 2.25 bits per heavy atom. The van der Waals surface area contributed by atoms with Crippen molar-refractivity contribution in [3.8, 4) is 5.75 Å². The van der Waals surface area contributed by atoms with E-state index < -0.39 is 0 Å². The Morgan fingerprint density at radius 3 is 2.85 bits per heavy atom. The molecule has 1 heterocycles. The van der Waals surface area contributed by atoms with E-state index in [2.05, 4.69) is 27.1 Å². The SMILES string of the molecule is C=CCOc1ccc(C(=O)NC(C)c2ncn[nH]2)cc1. The third-order valence-corrected chi connectivity index (χ3v) is 2.68. The Morgan fingerprint density at radius 1 is 1.50 bits per heavy atom. The van der Waals surface area contributed by atoms with E-state index in [1.807, 2.05) is 6.92 Å². The van der Waals surface area contributed by atoms with E-state index in [-0.39, 0.29) is 11.9 Å². The molecule has 104 valence electrons. The molecule has 6 nitrogen and oxygen atoms in total. The maximum absolute atomic E-state index is 12.0. The lowest BCUT2D eigenvalue weighted by Crippen LogP contribution is -2.27. The first-order valence-electron chi connectivity index (χ1n) is 6.20. The molecule has 1 atom stereocenters. The molecular weight excluding hydrogens is 256 g/mol. The van der Waals surface area contributed by atoms with Gasteiger partial charge in [0.2, 0.25) is 0 Å². The standard InChI is InChI=1S/C14H16N4O2/c1-3-8-20-12-6-4-11(5-7-12)14(19)17-10(2)13-15-9-16-18-13/h3-7,9-10H,1,8H2,2H3,(H,17,19)(H,15,16,18). The van der Waals surface area contributed by atoms with Crippen molar-refractivity contribution in [2.75, 3.05) is 6.61 Å². The number of carbonyl (C=O) groups is 1. The average Bonchev–Trinajstić information content (AvgIpc) is 3.00. The molecule has 1 amide bonds. The van der Waals surface area contributed by atoms with Crippen molar-refractivity contribution in [3.05, 3.63) is 54.6 Å². The van der Waals surface area contributed by atoms with Crippen molar-refractivity contribution in [2.45, 2.75) is 13.0 Å². The van der Waals surface area contributed by atoms with Crippen LogP contribution in [0.3, 0.4) is 0 Å². The molecular formula is C14H16N4O2. The van der Waals surface area contributed by atoms with Crippen LogP contribution in [0.25, 0.3) is 0 Å². The second-order valence-corrected chi connectivity index (χ2v) is 4.19. The lowest BCUT2D eigenvalue weighted by molar-refractivity contribution is 0.0938. The zero-order chi connectivity index (χ0) is 14.4. The average molecular weight is 272 g/mol. The molecule has 0 spiro atoms. The number of benzene rings is 1. The number of aromatic nitrogens is 3.